The van der Waals surface area contributed by atoms with Crippen LogP contribution in [0.15, 0.2) is 65.3 Å². The van der Waals surface area contributed by atoms with Gasteiger partial charge in [-0.1, -0.05) is 54.6 Å². The molecule has 3 rings (SSSR count). The van der Waals surface area contributed by atoms with E-state index in [0.717, 1.165) is 32.8 Å². The Morgan fingerprint density at radius 2 is 1.79 bits per heavy atom. The van der Waals surface area contributed by atoms with E-state index in [9.17, 15) is 4.79 Å². The fourth-order valence-electron chi connectivity index (χ4n) is 2.72. The number of aromatic nitrogens is 2. The van der Waals surface area contributed by atoms with E-state index in [0.29, 0.717) is 6.42 Å². The molecule has 144 valence electrons. The lowest BCUT2D eigenvalue weighted by molar-refractivity contribution is -0.148. The zero-order chi connectivity index (χ0) is 20.1. The lowest BCUT2D eigenvalue weighted by atomic mass is 10.1. The second-order valence-corrected chi connectivity index (χ2v) is 8.25. The molecule has 0 saturated heterocycles. The maximum Gasteiger partial charge on any atom is 0.331 e. The molecule has 0 unspecified atom stereocenters. The molecular weight excluding hydrogens is 416 g/mol. The zero-order valence-corrected chi connectivity index (χ0v) is 17.8. The van der Waals surface area contributed by atoms with Gasteiger partial charge in [-0.2, -0.15) is 0 Å². The van der Waals surface area contributed by atoms with Crippen LogP contribution in [0.4, 0.5) is 0 Å². The number of carbonyl (C=O) groups excluding carboxylic acids is 1. The summed E-state index contributed by atoms with van der Waals surface area (Å²) < 4.78 is 6.08. The van der Waals surface area contributed by atoms with Gasteiger partial charge in [0.15, 0.2) is 0 Å². The first-order valence-electron chi connectivity index (χ1n) is 9.10. The van der Waals surface area contributed by atoms with E-state index in [4.69, 9.17) is 4.74 Å². The van der Waals surface area contributed by atoms with Crippen LogP contribution in [0.1, 0.15) is 37.7 Å². The van der Waals surface area contributed by atoms with E-state index in [-0.39, 0.29) is 5.97 Å². The van der Waals surface area contributed by atoms with Gasteiger partial charge in [-0.3, -0.25) is 0 Å². The van der Waals surface area contributed by atoms with Gasteiger partial charge in [-0.15, -0.1) is 0 Å². The molecule has 0 aliphatic rings. The molecule has 2 aromatic carbocycles. The molecule has 0 fully saturated rings. The molecule has 1 N–H and O–H groups in total. The van der Waals surface area contributed by atoms with Crippen LogP contribution in [-0.2, 0) is 16.0 Å². The maximum absolute atomic E-state index is 11.8. The van der Waals surface area contributed by atoms with Gasteiger partial charge in [0.1, 0.15) is 16.0 Å². The molecule has 0 aliphatic heterocycles. The fourth-order valence-corrected chi connectivity index (χ4v) is 3.26. The number of rotatable bonds is 5. The van der Waals surface area contributed by atoms with Gasteiger partial charge in [-0.05, 0) is 53.9 Å². The number of imidazole rings is 1. The molecule has 1 aromatic heterocycles. The number of hydrogen-bond donors (Lipinski definition) is 1. The molecular formula is C23H23BrN2O2. The Bertz CT molecular complexity index is 968. The van der Waals surface area contributed by atoms with E-state index in [1.807, 2.05) is 75.4 Å². The minimum Gasteiger partial charge on any atom is -0.457 e. The lowest BCUT2D eigenvalue weighted by Crippen LogP contribution is -2.22. The Hall–Kier alpha value is -2.66. The monoisotopic (exact) mass is 438 g/mol. The van der Waals surface area contributed by atoms with Crippen LogP contribution in [0.2, 0.25) is 0 Å². The van der Waals surface area contributed by atoms with Gasteiger partial charge in [-0.25, -0.2) is 9.78 Å². The van der Waals surface area contributed by atoms with Crippen LogP contribution >= 0.6 is 15.9 Å². The summed E-state index contributed by atoms with van der Waals surface area (Å²) >= 11 is 3.54. The van der Waals surface area contributed by atoms with Gasteiger partial charge in [0, 0.05) is 18.1 Å². The summed E-state index contributed by atoms with van der Waals surface area (Å²) in [6.45, 7) is 5.55. The highest BCUT2D eigenvalue weighted by molar-refractivity contribution is 9.10. The molecule has 0 amide bonds. The van der Waals surface area contributed by atoms with Gasteiger partial charge in [0.05, 0.1) is 5.69 Å². The summed E-state index contributed by atoms with van der Waals surface area (Å²) in [6.07, 6.45) is 3.91. The van der Waals surface area contributed by atoms with Crippen molar-refractivity contribution in [3.63, 3.8) is 0 Å². The van der Waals surface area contributed by atoms with Crippen molar-refractivity contribution in [1.82, 2.24) is 9.97 Å². The van der Waals surface area contributed by atoms with Crippen molar-refractivity contribution in [3.8, 4) is 11.3 Å². The van der Waals surface area contributed by atoms with Crippen molar-refractivity contribution in [2.24, 2.45) is 0 Å². The topological polar surface area (TPSA) is 55.0 Å². The number of hydrogen-bond acceptors (Lipinski definition) is 3. The van der Waals surface area contributed by atoms with Crippen LogP contribution in [0.3, 0.4) is 0 Å². The third-order valence-electron chi connectivity index (χ3n) is 3.94. The molecule has 5 heteroatoms. The molecule has 28 heavy (non-hydrogen) atoms. The molecule has 0 spiro atoms. The Morgan fingerprint density at radius 3 is 2.43 bits per heavy atom. The molecule has 0 aliphatic carbocycles. The molecule has 3 aromatic rings. The number of nitrogens with one attached hydrogen (secondary N) is 1. The van der Waals surface area contributed by atoms with Crippen molar-refractivity contribution in [2.45, 2.75) is 32.8 Å². The second kappa shape index (κ2) is 8.57. The van der Waals surface area contributed by atoms with Crippen molar-refractivity contribution in [3.05, 3.63) is 82.2 Å². The van der Waals surface area contributed by atoms with Crippen LogP contribution in [0.25, 0.3) is 17.3 Å². The van der Waals surface area contributed by atoms with Crippen molar-refractivity contribution >= 4 is 28.0 Å². The average molecular weight is 439 g/mol. The van der Waals surface area contributed by atoms with Crippen molar-refractivity contribution in [1.29, 1.82) is 0 Å². The molecule has 0 saturated carbocycles. The maximum atomic E-state index is 11.8. The van der Waals surface area contributed by atoms with Gasteiger partial charge in [0.25, 0.3) is 0 Å². The summed E-state index contributed by atoms with van der Waals surface area (Å²) in [5.74, 6) is 0.549. The summed E-state index contributed by atoms with van der Waals surface area (Å²) in [5, 5.41) is 0. The van der Waals surface area contributed by atoms with E-state index in [2.05, 4.69) is 25.9 Å². The highest BCUT2D eigenvalue weighted by atomic mass is 79.9. The summed E-state index contributed by atoms with van der Waals surface area (Å²) in [7, 11) is 0. The zero-order valence-electron chi connectivity index (χ0n) is 16.2. The quantitative estimate of drug-likeness (QED) is 0.405. The highest BCUT2D eigenvalue weighted by Gasteiger charge is 2.14. The predicted molar refractivity (Wildman–Crippen MR) is 116 cm³/mol. The lowest BCUT2D eigenvalue weighted by Gasteiger charge is -2.17. The van der Waals surface area contributed by atoms with Crippen LogP contribution in [0.5, 0.6) is 0 Å². The minimum atomic E-state index is -0.485. The number of aromatic amines is 1. The van der Waals surface area contributed by atoms with E-state index in [1.165, 1.54) is 6.08 Å². The van der Waals surface area contributed by atoms with Gasteiger partial charge >= 0.3 is 5.97 Å². The standard InChI is InChI=1S/C23H23BrN2O2/c1-23(2,3)28-20(27)14-13-16-9-11-17(12-10-16)15-19-25-21(22(24)26-19)18-7-5-4-6-8-18/h4-14H,15H2,1-3H3,(H,25,26)/b14-13+. The molecule has 4 nitrogen and oxygen atoms in total. The highest BCUT2D eigenvalue weighted by Crippen LogP contribution is 2.26. The molecule has 1 heterocycles. The van der Waals surface area contributed by atoms with Crippen LogP contribution in [-0.4, -0.2) is 21.5 Å². The number of benzene rings is 2. The molecule has 0 bridgehead atoms. The summed E-state index contributed by atoms with van der Waals surface area (Å²) in [4.78, 5) is 19.7. The summed E-state index contributed by atoms with van der Waals surface area (Å²) in [5.41, 5.74) is 3.67. The van der Waals surface area contributed by atoms with E-state index < -0.39 is 5.60 Å². The van der Waals surface area contributed by atoms with Crippen molar-refractivity contribution < 1.29 is 9.53 Å². The summed E-state index contributed by atoms with van der Waals surface area (Å²) in [6, 6.07) is 18.1. The number of esters is 1. The van der Waals surface area contributed by atoms with E-state index >= 15 is 0 Å². The number of halogens is 1. The third-order valence-corrected chi connectivity index (χ3v) is 4.51. The first-order valence-corrected chi connectivity index (χ1v) is 9.89. The first-order chi connectivity index (χ1) is 13.3. The number of nitrogens with zero attached hydrogens (tertiary/aromatic N) is 1. The minimum absolute atomic E-state index is 0.342. The Kier molecular flexibility index (Phi) is 6.15. The predicted octanol–water partition coefficient (Wildman–Crippen LogP) is 5.78. The Labute approximate surface area is 173 Å². The fraction of sp³-hybridized carbons (Fsp3) is 0.217. The normalized spacial score (nSPS) is 11.7. The van der Waals surface area contributed by atoms with Crippen LogP contribution < -0.4 is 0 Å². The number of carbonyl (C=O) groups is 1. The average Bonchev–Trinajstić information content (AvgIpc) is 3.01. The van der Waals surface area contributed by atoms with Gasteiger partial charge < -0.3 is 9.72 Å². The van der Waals surface area contributed by atoms with E-state index in [1.54, 1.807) is 6.08 Å². The van der Waals surface area contributed by atoms with Gasteiger partial charge in [0.2, 0.25) is 0 Å². The number of ether oxygens (including phenoxy) is 1. The largest absolute Gasteiger partial charge is 0.457 e. The first kappa shape index (κ1) is 20.1. The smallest absolute Gasteiger partial charge is 0.331 e. The SMILES string of the molecule is CC(C)(C)OC(=O)/C=C/c1ccc(Cc2nc(Br)c(-c3ccccc3)[nH]2)cc1. The molecule has 0 radical (unpaired) electrons. The second-order valence-electron chi connectivity index (χ2n) is 7.50. The Balaban J connectivity index is 1.66. The third kappa shape index (κ3) is 5.67. The van der Waals surface area contributed by atoms with Crippen molar-refractivity contribution in [2.75, 3.05) is 0 Å². The number of H-pyrrole nitrogens is 1. The molecule has 0 atom stereocenters. The Morgan fingerprint density at radius 1 is 1.11 bits per heavy atom. The van der Waals surface area contributed by atoms with Crippen LogP contribution in [0, 0.1) is 0 Å².